The van der Waals surface area contributed by atoms with Gasteiger partial charge in [-0.15, -0.1) is 0 Å². The fourth-order valence-electron chi connectivity index (χ4n) is 3.62. The van der Waals surface area contributed by atoms with E-state index >= 15 is 0 Å². The summed E-state index contributed by atoms with van der Waals surface area (Å²) in [5.74, 6) is -1.25. The number of Topliss-reactive ketones (excluding diaryl/α,β-unsaturated/α-hetero) is 1. The van der Waals surface area contributed by atoms with E-state index in [1.54, 1.807) is 0 Å². The topological polar surface area (TPSA) is 66.4 Å². The number of ketones is 1. The van der Waals surface area contributed by atoms with Gasteiger partial charge in [0.05, 0.1) is 6.04 Å². The number of carbonyl (C=O) groups is 2. The summed E-state index contributed by atoms with van der Waals surface area (Å²) in [6.45, 7) is 1.89. The molecule has 0 bridgehead atoms. The van der Waals surface area contributed by atoms with Gasteiger partial charge in [-0.1, -0.05) is 60.2 Å². The van der Waals surface area contributed by atoms with Crippen LogP contribution in [0.3, 0.4) is 0 Å². The predicted molar refractivity (Wildman–Crippen MR) is 123 cm³/mol. The van der Waals surface area contributed by atoms with E-state index in [9.17, 15) is 19.1 Å². The molecule has 3 rings (SSSR count). The van der Waals surface area contributed by atoms with Gasteiger partial charge in [0.2, 0.25) is 0 Å². The minimum atomic E-state index is -0.748. The van der Waals surface area contributed by atoms with Crippen molar-refractivity contribution in [2.75, 3.05) is 6.61 Å². The molecule has 32 heavy (non-hydrogen) atoms. The molecular weight excluding hydrogens is 405 g/mol. The van der Waals surface area contributed by atoms with Crippen molar-refractivity contribution in [1.82, 2.24) is 5.32 Å². The molecular formula is C27H28FNO3. The number of hydrogen-bond donors (Lipinski definition) is 2. The van der Waals surface area contributed by atoms with Crippen LogP contribution in [-0.2, 0) is 17.6 Å². The molecule has 4 nitrogen and oxygen atoms in total. The first-order valence-electron chi connectivity index (χ1n) is 10.7. The number of rotatable bonds is 10. The third kappa shape index (κ3) is 6.86. The fraction of sp³-hybridized carbons (Fsp3) is 0.259. The molecule has 0 heterocycles. The smallest absolute Gasteiger partial charge is 0.251 e. The Labute approximate surface area is 188 Å². The Bertz CT molecular complexity index is 1020. The summed E-state index contributed by atoms with van der Waals surface area (Å²) < 4.78 is 13.2. The molecule has 0 aromatic heterocycles. The van der Waals surface area contributed by atoms with Gasteiger partial charge in [-0.05, 0) is 61.1 Å². The summed E-state index contributed by atoms with van der Waals surface area (Å²) in [5, 5.41) is 12.7. The molecule has 0 aliphatic carbocycles. The highest BCUT2D eigenvalue weighted by Gasteiger charge is 2.25. The summed E-state index contributed by atoms with van der Waals surface area (Å²) in [5.41, 5.74) is 3.41. The molecule has 0 aliphatic rings. The van der Waals surface area contributed by atoms with Crippen LogP contribution in [0.1, 0.15) is 33.5 Å². The lowest BCUT2D eigenvalue weighted by molar-refractivity contribution is -0.122. The van der Waals surface area contributed by atoms with E-state index in [4.69, 9.17) is 0 Å². The third-order valence-corrected chi connectivity index (χ3v) is 5.48. The van der Waals surface area contributed by atoms with E-state index in [-0.39, 0.29) is 30.3 Å². The Morgan fingerprint density at radius 2 is 1.50 bits per heavy atom. The molecule has 0 radical (unpaired) electrons. The lowest BCUT2D eigenvalue weighted by atomic mass is 9.90. The molecule has 0 aliphatic heterocycles. The summed E-state index contributed by atoms with van der Waals surface area (Å²) in [7, 11) is 0. The van der Waals surface area contributed by atoms with E-state index in [1.165, 1.54) is 24.3 Å². The van der Waals surface area contributed by atoms with Crippen molar-refractivity contribution >= 4 is 11.7 Å². The van der Waals surface area contributed by atoms with Crippen molar-refractivity contribution in [3.8, 4) is 0 Å². The zero-order valence-corrected chi connectivity index (χ0v) is 18.1. The largest absolute Gasteiger partial charge is 0.396 e. The van der Waals surface area contributed by atoms with Crippen LogP contribution in [0.2, 0.25) is 0 Å². The van der Waals surface area contributed by atoms with Crippen LogP contribution in [-0.4, -0.2) is 29.4 Å². The highest BCUT2D eigenvalue weighted by atomic mass is 19.1. The van der Waals surface area contributed by atoms with Crippen molar-refractivity contribution in [1.29, 1.82) is 0 Å². The Kier molecular flexibility index (Phi) is 8.28. The standard InChI is InChI=1S/C27H28FNO3/c1-19-7-9-21(10-8-19)15-22(18-30)17-26(31)25(16-20-5-3-2-4-6-20)29-27(32)23-11-13-24(28)14-12-23/h2-14,22,25,30H,15-18H2,1H3,(H,29,32)/t22-,25+/m1/s1. The van der Waals surface area contributed by atoms with Crippen LogP contribution < -0.4 is 5.32 Å². The highest BCUT2D eigenvalue weighted by Crippen LogP contribution is 2.16. The van der Waals surface area contributed by atoms with Crippen LogP contribution >= 0.6 is 0 Å². The molecule has 1 amide bonds. The maximum Gasteiger partial charge on any atom is 0.251 e. The van der Waals surface area contributed by atoms with Gasteiger partial charge in [-0.3, -0.25) is 9.59 Å². The van der Waals surface area contributed by atoms with E-state index in [0.29, 0.717) is 12.8 Å². The predicted octanol–water partition coefficient (Wildman–Crippen LogP) is 4.29. The van der Waals surface area contributed by atoms with E-state index in [0.717, 1.165) is 16.7 Å². The van der Waals surface area contributed by atoms with E-state index in [1.807, 2.05) is 61.5 Å². The first kappa shape index (κ1) is 23.4. The minimum Gasteiger partial charge on any atom is -0.396 e. The highest BCUT2D eigenvalue weighted by molar-refractivity contribution is 5.98. The Morgan fingerprint density at radius 3 is 2.12 bits per heavy atom. The number of aliphatic hydroxyl groups excluding tert-OH is 1. The van der Waals surface area contributed by atoms with Crippen molar-refractivity contribution in [3.05, 3.63) is 107 Å². The van der Waals surface area contributed by atoms with Crippen molar-refractivity contribution in [3.63, 3.8) is 0 Å². The first-order chi connectivity index (χ1) is 15.4. The normalized spacial score (nSPS) is 12.7. The summed E-state index contributed by atoms with van der Waals surface area (Å²) >= 11 is 0. The van der Waals surface area contributed by atoms with Gasteiger partial charge in [0.25, 0.3) is 5.91 Å². The van der Waals surface area contributed by atoms with Crippen LogP contribution in [0.4, 0.5) is 4.39 Å². The Balaban J connectivity index is 1.73. The average molecular weight is 434 g/mol. The molecule has 3 aromatic carbocycles. The number of aryl methyl sites for hydroxylation is 1. The van der Waals surface area contributed by atoms with Crippen LogP contribution in [0.25, 0.3) is 0 Å². The first-order valence-corrected chi connectivity index (χ1v) is 10.7. The van der Waals surface area contributed by atoms with Gasteiger partial charge < -0.3 is 10.4 Å². The average Bonchev–Trinajstić information content (AvgIpc) is 2.80. The lowest BCUT2D eigenvalue weighted by Crippen LogP contribution is -2.43. The zero-order chi connectivity index (χ0) is 22.9. The minimum absolute atomic E-state index is 0.121. The molecule has 5 heteroatoms. The van der Waals surface area contributed by atoms with Crippen molar-refractivity contribution in [2.45, 2.75) is 32.2 Å². The van der Waals surface area contributed by atoms with Gasteiger partial charge in [-0.25, -0.2) is 4.39 Å². The number of aliphatic hydroxyl groups is 1. The lowest BCUT2D eigenvalue weighted by Gasteiger charge is -2.21. The Morgan fingerprint density at radius 1 is 0.875 bits per heavy atom. The monoisotopic (exact) mass is 433 g/mol. The van der Waals surface area contributed by atoms with Gasteiger partial charge in [0.15, 0.2) is 5.78 Å². The molecule has 0 saturated carbocycles. The quantitative estimate of drug-likeness (QED) is 0.501. The summed E-state index contributed by atoms with van der Waals surface area (Å²) in [4.78, 5) is 25.9. The SMILES string of the molecule is Cc1ccc(C[C@@H](CO)CC(=O)[C@H](Cc2ccccc2)NC(=O)c2ccc(F)cc2)cc1. The van der Waals surface area contributed by atoms with Crippen LogP contribution in [0, 0.1) is 18.7 Å². The molecule has 2 N–H and O–H groups in total. The second kappa shape index (κ2) is 11.3. The van der Waals surface area contributed by atoms with Gasteiger partial charge >= 0.3 is 0 Å². The molecule has 0 saturated heterocycles. The van der Waals surface area contributed by atoms with Gasteiger partial charge in [0.1, 0.15) is 5.82 Å². The fourth-order valence-corrected chi connectivity index (χ4v) is 3.62. The number of nitrogens with one attached hydrogen (secondary N) is 1. The second-order valence-corrected chi connectivity index (χ2v) is 8.13. The zero-order valence-electron chi connectivity index (χ0n) is 18.1. The van der Waals surface area contributed by atoms with Gasteiger partial charge in [0, 0.05) is 18.6 Å². The number of hydrogen-bond acceptors (Lipinski definition) is 3. The molecule has 3 aromatic rings. The van der Waals surface area contributed by atoms with Crippen molar-refractivity contribution in [2.24, 2.45) is 5.92 Å². The number of halogens is 1. The molecule has 0 fully saturated rings. The molecule has 0 unspecified atom stereocenters. The second-order valence-electron chi connectivity index (χ2n) is 8.13. The van der Waals surface area contributed by atoms with Crippen molar-refractivity contribution < 1.29 is 19.1 Å². The van der Waals surface area contributed by atoms with Crippen LogP contribution in [0.15, 0.2) is 78.9 Å². The third-order valence-electron chi connectivity index (χ3n) is 5.48. The number of benzene rings is 3. The van der Waals surface area contributed by atoms with Gasteiger partial charge in [-0.2, -0.15) is 0 Å². The Hall–Kier alpha value is -3.31. The number of carbonyl (C=O) groups excluding carboxylic acids is 2. The van der Waals surface area contributed by atoms with Crippen LogP contribution in [0.5, 0.6) is 0 Å². The summed E-state index contributed by atoms with van der Waals surface area (Å²) in [6, 6.07) is 21.9. The molecule has 2 atom stereocenters. The molecule has 0 spiro atoms. The number of amides is 1. The van der Waals surface area contributed by atoms with E-state index in [2.05, 4.69) is 5.32 Å². The summed E-state index contributed by atoms with van der Waals surface area (Å²) in [6.07, 6.45) is 1.06. The maximum atomic E-state index is 13.2. The maximum absolute atomic E-state index is 13.2. The molecule has 166 valence electrons. The van der Waals surface area contributed by atoms with E-state index < -0.39 is 17.8 Å².